The molecule has 1 N–H and O–H groups in total. The number of sulfonamides is 2. The summed E-state index contributed by atoms with van der Waals surface area (Å²) in [5.74, 6) is 5.90. The van der Waals surface area contributed by atoms with Crippen molar-refractivity contribution in [2.75, 3.05) is 47.6 Å². The van der Waals surface area contributed by atoms with Crippen LogP contribution in [0.1, 0.15) is 19.4 Å². The number of hydrogen-bond acceptors (Lipinski definition) is 8. The standard InChI is InChI=1S/C26H34N2O8S2/c1-19-16-28(20(2)18-29)38(32,33)26-13-8-21(7-6-14-34-4)15-24(26)36-25(19)17-27(3)37(30,31)23-11-9-22(35-5)10-12-23/h8-13,15,19-20,25,29H,14,16-18H2,1-5H3/t19-,20-,25-/m1/s1. The summed E-state index contributed by atoms with van der Waals surface area (Å²) >= 11 is 0. The van der Waals surface area contributed by atoms with E-state index in [0.29, 0.717) is 11.3 Å². The first-order valence-corrected chi connectivity index (χ1v) is 14.8. The first-order chi connectivity index (χ1) is 17.9. The Balaban J connectivity index is 2.02. The molecule has 208 valence electrons. The fourth-order valence-corrected chi connectivity index (χ4v) is 7.02. The maximum atomic E-state index is 13.6. The van der Waals surface area contributed by atoms with Crippen LogP contribution >= 0.6 is 0 Å². The van der Waals surface area contributed by atoms with E-state index < -0.39 is 38.1 Å². The molecule has 0 saturated carbocycles. The second-order valence-electron chi connectivity index (χ2n) is 9.10. The molecule has 0 saturated heterocycles. The van der Waals surface area contributed by atoms with E-state index >= 15 is 0 Å². The van der Waals surface area contributed by atoms with Crippen molar-refractivity contribution in [3.63, 3.8) is 0 Å². The molecule has 0 unspecified atom stereocenters. The van der Waals surface area contributed by atoms with E-state index in [9.17, 15) is 21.9 Å². The molecule has 1 aliphatic rings. The van der Waals surface area contributed by atoms with Gasteiger partial charge >= 0.3 is 0 Å². The summed E-state index contributed by atoms with van der Waals surface area (Å²) in [6, 6.07) is 9.88. The number of methoxy groups -OCH3 is 2. The zero-order valence-electron chi connectivity index (χ0n) is 22.1. The summed E-state index contributed by atoms with van der Waals surface area (Å²) in [7, 11) is -3.44. The van der Waals surface area contributed by atoms with Crippen LogP contribution in [0, 0.1) is 17.8 Å². The van der Waals surface area contributed by atoms with Crippen molar-refractivity contribution in [3.8, 4) is 23.3 Å². The van der Waals surface area contributed by atoms with E-state index in [0.717, 1.165) is 0 Å². The molecule has 2 aromatic carbocycles. The van der Waals surface area contributed by atoms with Gasteiger partial charge in [0, 0.05) is 38.2 Å². The molecule has 0 radical (unpaired) electrons. The normalized spacial score (nSPS) is 20.3. The van der Waals surface area contributed by atoms with E-state index in [1.165, 1.54) is 54.1 Å². The highest BCUT2D eigenvalue weighted by molar-refractivity contribution is 7.89. The highest BCUT2D eigenvalue weighted by atomic mass is 32.2. The Hall–Kier alpha value is -2.66. The summed E-state index contributed by atoms with van der Waals surface area (Å²) in [6.45, 7) is 3.21. The number of likely N-dealkylation sites (N-methyl/N-ethyl adjacent to an activating group) is 1. The largest absolute Gasteiger partial charge is 0.497 e. The van der Waals surface area contributed by atoms with E-state index in [4.69, 9.17) is 14.2 Å². The molecule has 0 bridgehead atoms. The molecule has 10 nitrogen and oxygen atoms in total. The van der Waals surface area contributed by atoms with Crippen molar-refractivity contribution in [2.24, 2.45) is 5.92 Å². The number of nitrogens with zero attached hydrogens (tertiary/aromatic N) is 2. The van der Waals surface area contributed by atoms with E-state index in [-0.39, 0.29) is 41.8 Å². The molecule has 2 aromatic rings. The number of fused-ring (bicyclic) bond motifs is 1. The summed E-state index contributed by atoms with van der Waals surface area (Å²) in [5.41, 5.74) is 0.518. The zero-order valence-corrected chi connectivity index (χ0v) is 23.8. The molecular formula is C26H34N2O8S2. The van der Waals surface area contributed by atoms with Gasteiger partial charge in [0.05, 0.1) is 25.2 Å². The Morgan fingerprint density at radius 2 is 1.89 bits per heavy atom. The lowest BCUT2D eigenvalue weighted by Gasteiger charge is -2.37. The van der Waals surface area contributed by atoms with E-state index in [1.54, 1.807) is 32.0 Å². The van der Waals surface area contributed by atoms with Gasteiger partial charge in [-0.3, -0.25) is 0 Å². The maximum absolute atomic E-state index is 13.6. The number of rotatable bonds is 8. The second-order valence-corrected chi connectivity index (χ2v) is 13.0. The number of hydrogen-bond donors (Lipinski definition) is 1. The monoisotopic (exact) mass is 566 g/mol. The quantitative estimate of drug-likeness (QED) is 0.480. The second kappa shape index (κ2) is 12.5. The molecule has 0 amide bonds. The smallest absolute Gasteiger partial charge is 0.247 e. The van der Waals surface area contributed by atoms with Crippen molar-refractivity contribution in [1.82, 2.24) is 8.61 Å². The van der Waals surface area contributed by atoms with Gasteiger partial charge in [0.25, 0.3) is 0 Å². The molecule has 38 heavy (non-hydrogen) atoms. The Bertz CT molecular complexity index is 1380. The third-order valence-electron chi connectivity index (χ3n) is 6.32. The molecule has 0 spiro atoms. The van der Waals surface area contributed by atoms with Gasteiger partial charge in [0.2, 0.25) is 20.0 Å². The number of ether oxygens (including phenoxy) is 3. The van der Waals surface area contributed by atoms with Crippen molar-refractivity contribution in [2.45, 2.75) is 35.8 Å². The van der Waals surface area contributed by atoms with Gasteiger partial charge in [-0.15, -0.1) is 0 Å². The average Bonchev–Trinajstić information content (AvgIpc) is 2.90. The maximum Gasteiger partial charge on any atom is 0.247 e. The first kappa shape index (κ1) is 29.9. The lowest BCUT2D eigenvalue weighted by Crippen LogP contribution is -2.50. The number of aliphatic hydroxyl groups excluding tert-OH is 1. The van der Waals surface area contributed by atoms with Crippen molar-refractivity contribution < 1.29 is 36.2 Å². The van der Waals surface area contributed by atoms with E-state index in [2.05, 4.69) is 11.8 Å². The Kier molecular flexibility index (Phi) is 9.80. The number of aliphatic hydroxyl groups is 1. The molecule has 3 rings (SSSR count). The van der Waals surface area contributed by atoms with Gasteiger partial charge in [-0.1, -0.05) is 18.8 Å². The first-order valence-electron chi connectivity index (χ1n) is 12.0. The fraction of sp³-hybridized carbons (Fsp3) is 0.462. The summed E-state index contributed by atoms with van der Waals surface area (Å²) < 4.78 is 72.5. The minimum absolute atomic E-state index is 0.0278. The lowest BCUT2D eigenvalue weighted by molar-refractivity contribution is 0.0904. The van der Waals surface area contributed by atoms with Gasteiger partial charge in [0.1, 0.15) is 29.1 Å². The van der Waals surface area contributed by atoms with E-state index in [1.807, 2.05) is 0 Å². The van der Waals surface area contributed by atoms with Crippen LogP contribution in [0.15, 0.2) is 52.3 Å². The Morgan fingerprint density at radius 1 is 1.21 bits per heavy atom. The molecule has 12 heteroatoms. The van der Waals surface area contributed by atoms with Crippen molar-refractivity contribution in [1.29, 1.82) is 0 Å². The third-order valence-corrected chi connectivity index (χ3v) is 10.2. The predicted octanol–water partition coefficient (Wildman–Crippen LogP) is 1.78. The fourth-order valence-electron chi connectivity index (χ4n) is 4.01. The van der Waals surface area contributed by atoms with Gasteiger partial charge in [-0.05, 0) is 49.4 Å². The van der Waals surface area contributed by atoms with Crippen LogP contribution in [0.4, 0.5) is 0 Å². The summed E-state index contributed by atoms with van der Waals surface area (Å²) in [5, 5.41) is 9.80. The molecule has 1 aliphatic heterocycles. The molecule has 3 atom stereocenters. The van der Waals surface area contributed by atoms with Gasteiger partial charge in [0.15, 0.2) is 0 Å². The van der Waals surface area contributed by atoms with Crippen LogP contribution in [0.3, 0.4) is 0 Å². The van der Waals surface area contributed by atoms with Gasteiger partial charge in [-0.25, -0.2) is 16.8 Å². The third kappa shape index (κ3) is 6.48. The van der Waals surface area contributed by atoms with Crippen LogP contribution in [0.25, 0.3) is 0 Å². The van der Waals surface area contributed by atoms with Crippen LogP contribution in [-0.2, 0) is 24.8 Å². The highest BCUT2D eigenvalue weighted by Gasteiger charge is 2.39. The van der Waals surface area contributed by atoms with Crippen LogP contribution < -0.4 is 9.47 Å². The SMILES string of the molecule is COCC#Cc1ccc2c(c1)O[C@H](CN(C)S(=O)(=O)c1ccc(OC)cc1)[C@H](C)CN([C@H](C)CO)S2(=O)=O. The lowest BCUT2D eigenvalue weighted by atomic mass is 10.0. The molecular weight excluding hydrogens is 532 g/mol. The summed E-state index contributed by atoms with van der Waals surface area (Å²) in [4.78, 5) is 0.0150. The van der Waals surface area contributed by atoms with Crippen molar-refractivity contribution in [3.05, 3.63) is 48.0 Å². The topological polar surface area (TPSA) is 123 Å². The molecule has 0 aromatic heterocycles. The van der Waals surface area contributed by atoms with Crippen LogP contribution in [0.2, 0.25) is 0 Å². The van der Waals surface area contributed by atoms with Crippen LogP contribution in [0.5, 0.6) is 11.5 Å². The Morgan fingerprint density at radius 3 is 2.50 bits per heavy atom. The zero-order chi connectivity index (χ0) is 28.1. The summed E-state index contributed by atoms with van der Waals surface area (Å²) in [6.07, 6.45) is -0.710. The highest BCUT2D eigenvalue weighted by Crippen LogP contribution is 2.34. The molecule has 0 aliphatic carbocycles. The Labute approximate surface area is 225 Å². The minimum Gasteiger partial charge on any atom is -0.497 e. The van der Waals surface area contributed by atoms with Gasteiger partial charge in [-0.2, -0.15) is 8.61 Å². The number of benzene rings is 2. The molecule has 1 heterocycles. The minimum atomic E-state index is -4.03. The van der Waals surface area contributed by atoms with Crippen LogP contribution in [-0.4, -0.2) is 90.3 Å². The predicted molar refractivity (Wildman–Crippen MR) is 142 cm³/mol. The average molecular weight is 567 g/mol. The van der Waals surface area contributed by atoms with Crippen molar-refractivity contribution >= 4 is 20.0 Å². The van der Waals surface area contributed by atoms with Gasteiger partial charge < -0.3 is 19.3 Å². The molecule has 0 fully saturated rings.